The van der Waals surface area contributed by atoms with Crippen molar-refractivity contribution in [1.29, 1.82) is 0 Å². The summed E-state index contributed by atoms with van der Waals surface area (Å²) in [5, 5.41) is 8.82. The number of aliphatic hydroxyl groups is 1. The van der Waals surface area contributed by atoms with Gasteiger partial charge in [-0.25, -0.2) is 4.79 Å². The van der Waals surface area contributed by atoms with Crippen LogP contribution in [0, 0.1) is 5.41 Å². The van der Waals surface area contributed by atoms with Crippen molar-refractivity contribution in [3.63, 3.8) is 0 Å². The van der Waals surface area contributed by atoms with Crippen molar-refractivity contribution in [3.05, 3.63) is 29.8 Å². The minimum Gasteiger partial charge on any atom is -0.463 e. The first-order valence-electron chi connectivity index (χ1n) is 9.27. The molecule has 0 amide bonds. The third-order valence-corrected chi connectivity index (χ3v) is 4.07. The van der Waals surface area contributed by atoms with Gasteiger partial charge in [0.05, 0.1) is 12.0 Å². The van der Waals surface area contributed by atoms with Gasteiger partial charge < -0.3 is 19.3 Å². The van der Waals surface area contributed by atoms with E-state index in [0.717, 1.165) is 12.0 Å². The standard InChI is InChI=1S/C21H32O6/c1-7-15(14-21(5,6)18(23)25-13-12-22)16-8-10-17(11-9-16)26-19(24)27-20(2,3)4/h8-11,15,22H,7,12-14H2,1-6H3. The van der Waals surface area contributed by atoms with Gasteiger partial charge in [0.15, 0.2) is 0 Å². The summed E-state index contributed by atoms with van der Waals surface area (Å²) in [5.41, 5.74) is -0.223. The smallest absolute Gasteiger partial charge is 0.463 e. The third kappa shape index (κ3) is 7.99. The number of aliphatic hydroxyl groups excluding tert-OH is 1. The van der Waals surface area contributed by atoms with Crippen LogP contribution in [0.15, 0.2) is 24.3 Å². The van der Waals surface area contributed by atoms with Crippen molar-refractivity contribution in [2.75, 3.05) is 13.2 Å². The molecule has 0 aliphatic heterocycles. The van der Waals surface area contributed by atoms with Crippen molar-refractivity contribution >= 4 is 12.1 Å². The SMILES string of the molecule is CCC(CC(C)(C)C(=O)OCCO)c1ccc(OC(=O)OC(C)(C)C)cc1. The fourth-order valence-electron chi connectivity index (χ4n) is 2.71. The maximum absolute atomic E-state index is 12.2. The number of hydrogen-bond donors (Lipinski definition) is 1. The van der Waals surface area contributed by atoms with Crippen LogP contribution in [-0.4, -0.2) is 36.0 Å². The molecule has 0 aromatic heterocycles. The highest BCUT2D eigenvalue weighted by molar-refractivity contribution is 5.76. The molecular formula is C21H32O6. The first kappa shape index (κ1) is 23.0. The van der Waals surface area contributed by atoms with Crippen LogP contribution in [0.25, 0.3) is 0 Å². The number of rotatable bonds is 8. The molecule has 0 aliphatic rings. The normalized spacial score (nSPS) is 13.0. The second-order valence-corrected chi connectivity index (χ2v) is 8.19. The Morgan fingerprint density at radius 3 is 2.15 bits per heavy atom. The van der Waals surface area contributed by atoms with Crippen molar-refractivity contribution < 1.29 is 28.9 Å². The number of carbonyl (C=O) groups is 2. The van der Waals surface area contributed by atoms with Crippen LogP contribution in [0.3, 0.4) is 0 Å². The van der Waals surface area contributed by atoms with Crippen LogP contribution in [-0.2, 0) is 14.3 Å². The Bertz CT molecular complexity index is 613. The fourth-order valence-corrected chi connectivity index (χ4v) is 2.71. The molecule has 0 fully saturated rings. The third-order valence-electron chi connectivity index (χ3n) is 4.07. The lowest BCUT2D eigenvalue weighted by Gasteiger charge is -2.27. The number of hydrogen-bond acceptors (Lipinski definition) is 6. The van der Waals surface area contributed by atoms with Gasteiger partial charge in [0.25, 0.3) is 0 Å². The van der Waals surface area contributed by atoms with Crippen molar-refractivity contribution in [2.24, 2.45) is 5.41 Å². The fraction of sp³-hybridized carbons (Fsp3) is 0.619. The van der Waals surface area contributed by atoms with E-state index in [1.807, 2.05) is 26.0 Å². The maximum atomic E-state index is 12.2. The lowest BCUT2D eigenvalue weighted by atomic mass is 9.79. The molecule has 0 heterocycles. The average Bonchev–Trinajstić information content (AvgIpc) is 2.56. The molecule has 6 heteroatoms. The van der Waals surface area contributed by atoms with E-state index in [1.165, 1.54) is 0 Å². The Kier molecular flexibility index (Phi) is 8.28. The minimum absolute atomic E-state index is 0.00968. The van der Waals surface area contributed by atoms with E-state index >= 15 is 0 Å². The topological polar surface area (TPSA) is 82.1 Å². The zero-order valence-corrected chi connectivity index (χ0v) is 17.2. The largest absolute Gasteiger partial charge is 0.514 e. The zero-order valence-electron chi connectivity index (χ0n) is 17.2. The molecule has 152 valence electrons. The van der Waals surface area contributed by atoms with Crippen LogP contribution in [0.4, 0.5) is 4.79 Å². The van der Waals surface area contributed by atoms with Gasteiger partial charge in [0.2, 0.25) is 0 Å². The predicted molar refractivity (Wildman–Crippen MR) is 103 cm³/mol. The molecule has 0 bridgehead atoms. The van der Waals surface area contributed by atoms with Crippen LogP contribution in [0.1, 0.15) is 65.9 Å². The Morgan fingerprint density at radius 1 is 1.07 bits per heavy atom. The van der Waals surface area contributed by atoms with Crippen molar-refractivity contribution in [2.45, 2.75) is 65.9 Å². The quantitative estimate of drug-likeness (QED) is 0.530. The summed E-state index contributed by atoms with van der Waals surface area (Å²) in [6.45, 7) is 10.9. The molecule has 0 aliphatic carbocycles. The van der Waals surface area contributed by atoms with E-state index in [9.17, 15) is 9.59 Å². The van der Waals surface area contributed by atoms with E-state index in [0.29, 0.717) is 12.2 Å². The van der Waals surface area contributed by atoms with E-state index < -0.39 is 17.2 Å². The second kappa shape index (κ2) is 9.74. The van der Waals surface area contributed by atoms with E-state index in [4.69, 9.17) is 19.3 Å². The van der Waals surface area contributed by atoms with Gasteiger partial charge in [-0.1, -0.05) is 19.1 Å². The van der Waals surface area contributed by atoms with E-state index in [1.54, 1.807) is 32.9 Å². The molecule has 0 spiro atoms. The van der Waals surface area contributed by atoms with Crippen molar-refractivity contribution in [3.8, 4) is 5.75 Å². The van der Waals surface area contributed by atoms with Gasteiger partial charge in [-0.15, -0.1) is 0 Å². The highest BCUT2D eigenvalue weighted by Crippen LogP contribution is 2.35. The monoisotopic (exact) mass is 380 g/mol. The van der Waals surface area contributed by atoms with E-state index in [-0.39, 0.29) is 25.1 Å². The molecule has 1 atom stereocenters. The summed E-state index contributed by atoms with van der Waals surface area (Å²) in [6.07, 6.45) is 0.721. The summed E-state index contributed by atoms with van der Waals surface area (Å²) < 4.78 is 15.4. The van der Waals surface area contributed by atoms with Gasteiger partial charge in [-0.05, 0) is 71.1 Å². The summed E-state index contributed by atoms with van der Waals surface area (Å²) in [7, 11) is 0. The molecule has 6 nitrogen and oxygen atoms in total. The van der Waals surface area contributed by atoms with Crippen LogP contribution >= 0.6 is 0 Å². The molecule has 0 radical (unpaired) electrons. The predicted octanol–water partition coefficient (Wildman–Crippen LogP) is 4.45. The number of ether oxygens (including phenoxy) is 3. The molecule has 27 heavy (non-hydrogen) atoms. The van der Waals surface area contributed by atoms with Crippen LogP contribution < -0.4 is 4.74 Å². The van der Waals surface area contributed by atoms with Gasteiger partial charge >= 0.3 is 12.1 Å². The molecule has 1 N–H and O–H groups in total. The Balaban J connectivity index is 2.76. The van der Waals surface area contributed by atoms with Crippen LogP contribution in [0.2, 0.25) is 0 Å². The van der Waals surface area contributed by atoms with E-state index in [2.05, 4.69) is 6.92 Å². The molecule has 0 saturated heterocycles. The van der Waals surface area contributed by atoms with Gasteiger partial charge in [-0.2, -0.15) is 0 Å². The van der Waals surface area contributed by atoms with Gasteiger partial charge in [0.1, 0.15) is 18.0 Å². The molecular weight excluding hydrogens is 348 g/mol. The van der Waals surface area contributed by atoms with Crippen molar-refractivity contribution in [1.82, 2.24) is 0 Å². The molecule has 1 unspecified atom stereocenters. The summed E-state index contributed by atoms with van der Waals surface area (Å²) in [5.74, 6) is 0.238. The average molecular weight is 380 g/mol. The summed E-state index contributed by atoms with van der Waals surface area (Å²) in [4.78, 5) is 23.9. The summed E-state index contributed by atoms with van der Waals surface area (Å²) >= 11 is 0. The second-order valence-electron chi connectivity index (χ2n) is 8.19. The summed E-state index contributed by atoms with van der Waals surface area (Å²) in [6, 6.07) is 7.23. The maximum Gasteiger partial charge on any atom is 0.514 e. The van der Waals surface area contributed by atoms with Crippen LogP contribution in [0.5, 0.6) is 5.75 Å². The van der Waals surface area contributed by atoms with Gasteiger partial charge in [-0.3, -0.25) is 4.79 Å². The first-order chi connectivity index (χ1) is 12.5. The number of carbonyl (C=O) groups excluding carboxylic acids is 2. The molecule has 1 aromatic rings. The minimum atomic E-state index is -0.741. The zero-order chi connectivity index (χ0) is 20.7. The van der Waals surface area contributed by atoms with Gasteiger partial charge in [0, 0.05) is 0 Å². The first-order valence-corrected chi connectivity index (χ1v) is 9.27. The lowest BCUT2D eigenvalue weighted by molar-refractivity contribution is -0.155. The highest BCUT2D eigenvalue weighted by Gasteiger charge is 2.32. The Hall–Kier alpha value is -2.08. The highest BCUT2D eigenvalue weighted by atomic mass is 16.7. The number of benzene rings is 1. The number of esters is 1. The Labute approximate surface area is 161 Å². The molecule has 1 rings (SSSR count). The molecule has 1 aromatic carbocycles. The lowest BCUT2D eigenvalue weighted by Crippen LogP contribution is -2.29. The Morgan fingerprint density at radius 2 is 1.67 bits per heavy atom. The molecule has 0 saturated carbocycles.